The van der Waals surface area contributed by atoms with E-state index >= 15 is 0 Å². The second-order valence-corrected chi connectivity index (χ2v) is 11.6. The molecule has 2 aromatic carbocycles. The van der Waals surface area contributed by atoms with E-state index in [0.717, 1.165) is 44.1 Å². The number of phenolic OH excluding ortho intramolecular Hbond substituents is 1. The highest BCUT2D eigenvalue weighted by Gasteiger charge is 2.30. The number of carbonyl (C=O) groups excluding carboxylic acids is 3. The number of rotatable bonds is 19. The molecule has 1 N–H and O–H groups in total. The standard InChI is InChI=1S/C36H50O8/c1-6-9-11-12-13-14-21-41-36(40)31-19-17-26-22-29(25(5)38)33(23-32(26)42-31)44-34(16-10-7-2)43-30-20-18-27(24(4)37)35(39)28(30)15-8-3/h18,20,22-23,31,34,39H,6-17,19,21H2,1-5H3. The number of ketones is 2. The molecule has 8 heteroatoms. The maximum atomic E-state index is 12.8. The molecule has 0 spiro atoms. The highest BCUT2D eigenvalue weighted by atomic mass is 16.7. The molecule has 0 bridgehead atoms. The molecule has 0 fully saturated rings. The van der Waals surface area contributed by atoms with Crippen LogP contribution in [-0.4, -0.2) is 41.6 Å². The second kappa shape index (κ2) is 17.7. The third kappa shape index (κ3) is 9.73. The van der Waals surface area contributed by atoms with Crippen molar-refractivity contribution < 1.29 is 38.4 Å². The Morgan fingerprint density at radius 1 is 0.864 bits per heavy atom. The second-order valence-electron chi connectivity index (χ2n) is 11.6. The highest BCUT2D eigenvalue weighted by Crippen LogP contribution is 2.37. The van der Waals surface area contributed by atoms with Gasteiger partial charge in [-0.25, -0.2) is 4.79 Å². The average molecular weight is 611 g/mol. The molecule has 1 heterocycles. The molecule has 44 heavy (non-hydrogen) atoms. The maximum Gasteiger partial charge on any atom is 0.347 e. The van der Waals surface area contributed by atoms with E-state index in [0.29, 0.717) is 60.7 Å². The fourth-order valence-electron chi connectivity index (χ4n) is 5.40. The van der Waals surface area contributed by atoms with Gasteiger partial charge in [0.05, 0.1) is 17.7 Å². The molecule has 2 unspecified atom stereocenters. The summed E-state index contributed by atoms with van der Waals surface area (Å²) in [5.41, 5.74) is 2.04. The first-order valence-corrected chi connectivity index (χ1v) is 16.4. The van der Waals surface area contributed by atoms with Gasteiger partial charge in [-0.15, -0.1) is 0 Å². The van der Waals surface area contributed by atoms with Crippen molar-refractivity contribution in [3.63, 3.8) is 0 Å². The first kappa shape index (κ1) is 34.9. The fourth-order valence-corrected chi connectivity index (χ4v) is 5.40. The first-order valence-electron chi connectivity index (χ1n) is 16.4. The van der Waals surface area contributed by atoms with Gasteiger partial charge in [-0.05, 0) is 69.7 Å². The van der Waals surface area contributed by atoms with Crippen molar-refractivity contribution in [3.05, 3.63) is 46.5 Å². The number of aryl methyl sites for hydroxylation is 1. The molecule has 1 aliphatic heterocycles. The molecule has 2 aromatic rings. The number of fused-ring (bicyclic) bond motifs is 1. The lowest BCUT2D eigenvalue weighted by Gasteiger charge is -2.27. The lowest BCUT2D eigenvalue weighted by molar-refractivity contribution is -0.152. The summed E-state index contributed by atoms with van der Waals surface area (Å²) in [7, 11) is 0. The average Bonchev–Trinajstić information content (AvgIpc) is 3.00. The number of aromatic hydroxyl groups is 1. The molecular weight excluding hydrogens is 560 g/mol. The van der Waals surface area contributed by atoms with E-state index in [4.69, 9.17) is 18.9 Å². The smallest absolute Gasteiger partial charge is 0.347 e. The number of Topliss-reactive ketones (excluding diaryl/α,β-unsaturated/α-hetero) is 2. The van der Waals surface area contributed by atoms with Crippen molar-refractivity contribution in [3.8, 4) is 23.0 Å². The topological polar surface area (TPSA) is 108 Å². The molecular formula is C36H50O8. The van der Waals surface area contributed by atoms with E-state index in [-0.39, 0.29) is 28.8 Å². The summed E-state index contributed by atoms with van der Waals surface area (Å²) in [4.78, 5) is 37.5. The molecule has 2 atom stereocenters. The molecule has 0 aliphatic carbocycles. The Hall–Kier alpha value is -3.55. The molecule has 0 saturated carbocycles. The van der Waals surface area contributed by atoms with Gasteiger partial charge in [0, 0.05) is 18.1 Å². The van der Waals surface area contributed by atoms with E-state index in [1.165, 1.54) is 33.1 Å². The SMILES string of the molecule is CCCCCCCCOC(=O)C1CCc2cc(C(C)=O)c(OC(CCCC)Oc3ccc(C(C)=O)c(O)c3CCC)cc2O1. The number of ether oxygens (including phenoxy) is 4. The number of benzene rings is 2. The van der Waals surface area contributed by atoms with E-state index in [1.54, 1.807) is 24.3 Å². The summed E-state index contributed by atoms with van der Waals surface area (Å²) in [5.74, 6) is 0.392. The predicted octanol–water partition coefficient (Wildman–Crippen LogP) is 8.32. The first-order chi connectivity index (χ1) is 21.2. The van der Waals surface area contributed by atoms with Crippen LogP contribution < -0.4 is 14.2 Å². The molecule has 0 radical (unpaired) electrons. The zero-order valence-electron chi connectivity index (χ0n) is 27.2. The van der Waals surface area contributed by atoms with Gasteiger partial charge in [0.15, 0.2) is 17.7 Å². The zero-order valence-corrected chi connectivity index (χ0v) is 27.2. The molecule has 242 valence electrons. The summed E-state index contributed by atoms with van der Waals surface area (Å²) in [6.45, 7) is 9.52. The van der Waals surface area contributed by atoms with Crippen LogP contribution in [0.5, 0.6) is 23.0 Å². The number of phenols is 1. The Kier molecular flexibility index (Phi) is 14.0. The van der Waals surface area contributed by atoms with Gasteiger partial charge >= 0.3 is 5.97 Å². The Bertz CT molecular complexity index is 1270. The van der Waals surface area contributed by atoms with Crippen LogP contribution in [0.3, 0.4) is 0 Å². The Labute approximate surface area is 262 Å². The lowest BCUT2D eigenvalue weighted by Crippen LogP contribution is -2.33. The van der Waals surface area contributed by atoms with Crippen LogP contribution >= 0.6 is 0 Å². The monoisotopic (exact) mass is 610 g/mol. The van der Waals surface area contributed by atoms with Gasteiger partial charge < -0.3 is 24.1 Å². The van der Waals surface area contributed by atoms with Crippen LogP contribution in [0.2, 0.25) is 0 Å². The summed E-state index contributed by atoms with van der Waals surface area (Å²) in [5, 5.41) is 10.8. The summed E-state index contributed by atoms with van der Waals surface area (Å²) in [6, 6.07) is 6.69. The minimum absolute atomic E-state index is 0.0767. The zero-order chi connectivity index (χ0) is 32.1. The molecule has 0 aromatic heterocycles. The van der Waals surface area contributed by atoms with Crippen molar-refractivity contribution in [2.24, 2.45) is 0 Å². The normalized spacial score (nSPS) is 14.7. The van der Waals surface area contributed by atoms with E-state index in [1.807, 2.05) is 6.92 Å². The lowest BCUT2D eigenvalue weighted by atomic mass is 9.98. The quantitative estimate of drug-likeness (QED) is 0.0732. The van der Waals surface area contributed by atoms with Gasteiger partial charge in [0.2, 0.25) is 6.29 Å². The number of hydrogen-bond acceptors (Lipinski definition) is 8. The third-order valence-electron chi connectivity index (χ3n) is 7.92. The van der Waals surface area contributed by atoms with E-state index in [9.17, 15) is 19.5 Å². The van der Waals surface area contributed by atoms with Crippen molar-refractivity contribution in [2.45, 2.75) is 130 Å². The van der Waals surface area contributed by atoms with E-state index in [2.05, 4.69) is 13.8 Å². The Morgan fingerprint density at radius 2 is 1.55 bits per heavy atom. The van der Waals surface area contributed by atoms with Crippen molar-refractivity contribution in [1.82, 2.24) is 0 Å². The van der Waals surface area contributed by atoms with Crippen LogP contribution in [0.25, 0.3) is 0 Å². The van der Waals surface area contributed by atoms with Gasteiger partial charge in [0.25, 0.3) is 0 Å². The number of esters is 1. The minimum Gasteiger partial charge on any atom is -0.507 e. The van der Waals surface area contributed by atoms with Crippen LogP contribution in [0.1, 0.15) is 137 Å². The van der Waals surface area contributed by atoms with Crippen molar-refractivity contribution >= 4 is 17.5 Å². The third-order valence-corrected chi connectivity index (χ3v) is 7.92. The van der Waals surface area contributed by atoms with Gasteiger partial charge in [-0.2, -0.15) is 0 Å². The number of hydrogen-bond donors (Lipinski definition) is 1. The van der Waals surface area contributed by atoms with Crippen LogP contribution in [0.4, 0.5) is 0 Å². The molecule has 8 nitrogen and oxygen atoms in total. The van der Waals surface area contributed by atoms with E-state index < -0.39 is 12.4 Å². The van der Waals surface area contributed by atoms with Crippen molar-refractivity contribution in [2.75, 3.05) is 6.61 Å². The fraction of sp³-hybridized carbons (Fsp3) is 0.583. The van der Waals surface area contributed by atoms with Crippen LogP contribution in [-0.2, 0) is 22.4 Å². The van der Waals surface area contributed by atoms with Gasteiger partial charge in [-0.3, -0.25) is 9.59 Å². The number of unbranched alkanes of at least 4 members (excludes halogenated alkanes) is 6. The molecule has 0 amide bonds. The Morgan fingerprint density at radius 3 is 2.23 bits per heavy atom. The Balaban J connectivity index is 1.79. The minimum atomic E-state index is -0.772. The molecule has 1 aliphatic rings. The predicted molar refractivity (Wildman–Crippen MR) is 170 cm³/mol. The maximum absolute atomic E-state index is 12.8. The number of carbonyl (C=O) groups is 3. The molecule has 3 rings (SSSR count). The highest BCUT2D eigenvalue weighted by molar-refractivity contribution is 5.98. The van der Waals surface area contributed by atoms with Crippen LogP contribution in [0, 0.1) is 0 Å². The van der Waals surface area contributed by atoms with Crippen LogP contribution in [0.15, 0.2) is 24.3 Å². The van der Waals surface area contributed by atoms with Gasteiger partial charge in [0.1, 0.15) is 23.0 Å². The summed E-state index contributed by atoms with van der Waals surface area (Å²) < 4.78 is 24.3. The summed E-state index contributed by atoms with van der Waals surface area (Å²) >= 11 is 0. The van der Waals surface area contributed by atoms with Gasteiger partial charge in [-0.1, -0.05) is 65.7 Å². The largest absolute Gasteiger partial charge is 0.507 e. The van der Waals surface area contributed by atoms with Crippen molar-refractivity contribution in [1.29, 1.82) is 0 Å². The molecule has 0 saturated heterocycles. The summed E-state index contributed by atoms with van der Waals surface area (Å²) in [6.07, 6.45) is 9.71.